The monoisotopic (exact) mass is 443 g/mol. The fourth-order valence-electron chi connectivity index (χ4n) is 5.40. The number of ketones is 1. The van der Waals surface area contributed by atoms with Crippen molar-refractivity contribution in [2.75, 3.05) is 0 Å². The molecule has 2 heterocycles. The summed E-state index contributed by atoms with van der Waals surface area (Å²) in [6, 6.07) is 27.6. The molecule has 5 rings (SSSR count). The highest BCUT2D eigenvalue weighted by atomic mass is 32.2. The number of nitrogens with zero attached hydrogens (tertiary/aromatic N) is 1. The zero-order chi connectivity index (χ0) is 22.3. The number of hydrogen-bond acceptors (Lipinski definition) is 4. The van der Waals surface area contributed by atoms with Crippen molar-refractivity contribution in [3.8, 4) is 0 Å². The van der Waals surface area contributed by atoms with Gasteiger partial charge in [0.2, 0.25) is 0 Å². The second-order valence-corrected chi connectivity index (χ2v) is 10.7. The first-order chi connectivity index (χ1) is 15.5. The molecule has 4 atom stereocenters. The van der Waals surface area contributed by atoms with Gasteiger partial charge in [-0.25, -0.2) is 8.42 Å². The van der Waals surface area contributed by atoms with Gasteiger partial charge in [-0.15, -0.1) is 0 Å². The van der Waals surface area contributed by atoms with Crippen LogP contribution < -0.4 is 0 Å². The van der Waals surface area contributed by atoms with Gasteiger partial charge in [-0.3, -0.25) is 9.69 Å². The molecule has 0 saturated carbocycles. The van der Waals surface area contributed by atoms with E-state index in [4.69, 9.17) is 0 Å². The summed E-state index contributed by atoms with van der Waals surface area (Å²) >= 11 is 0. The standard InChI is InChI=1S/C27H25NO3S/c1-20(21-11-5-2-6-12-21)28-24-17-18-26(29)27(28,22-13-7-3-8-14-22)19-25(24)32(30,31)23-15-9-4-10-16-23/h2-18,20,24-25H,19H2,1H3/t20-,24?,25?,27?/m0/s1. The minimum absolute atomic E-state index is 0.0616. The van der Waals surface area contributed by atoms with E-state index in [2.05, 4.69) is 11.8 Å². The van der Waals surface area contributed by atoms with Crippen molar-refractivity contribution >= 4 is 15.6 Å². The molecule has 0 radical (unpaired) electrons. The summed E-state index contributed by atoms with van der Waals surface area (Å²) < 4.78 is 27.6. The average molecular weight is 444 g/mol. The van der Waals surface area contributed by atoms with Crippen LogP contribution in [0, 0.1) is 0 Å². The van der Waals surface area contributed by atoms with Gasteiger partial charge in [-0.2, -0.15) is 0 Å². The van der Waals surface area contributed by atoms with E-state index in [0.29, 0.717) is 4.90 Å². The quantitative estimate of drug-likeness (QED) is 0.574. The molecule has 0 spiro atoms. The molecular weight excluding hydrogens is 418 g/mol. The van der Waals surface area contributed by atoms with E-state index in [1.165, 1.54) is 0 Å². The predicted molar refractivity (Wildman–Crippen MR) is 125 cm³/mol. The van der Waals surface area contributed by atoms with Crippen molar-refractivity contribution in [2.45, 2.75) is 41.1 Å². The Morgan fingerprint density at radius 2 is 1.44 bits per heavy atom. The lowest BCUT2D eigenvalue weighted by Gasteiger charge is -2.45. The second-order valence-electron chi connectivity index (χ2n) is 8.53. The van der Waals surface area contributed by atoms with Gasteiger partial charge < -0.3 is 0 Å². The molecule has 3 unspecified atom stereocenters. The number of sulfone groups is 1. The smallest absolute Gasteiger partial charge is 0.183 e. The van der Waals surface area contributed by atoms with Crippen LogP contribution >= 0.6 is 0 Å². The number of fused-ring (bicyclic) bond motifs is 2. The molecule has 0 amide bonds. The van der Waals surface area contributed by atoms with E-state index in [9.17, 15) is 13.2 Å². The molecule has 4 nitrogen and oxygen atoms in total. The van der Waals surface area contributed by atoms with Crippen molar-refractivity contribution < 1.29 is 13.2 Å². The van der Waals surface area contributed by atoms with Crippen molar-refractivity contribution in [3.05, 3.63) is 114 Å². The lowest BCUT2D eigenvalue weighted by Crippen LogP contribution is -2.53. The Bertz CT molecular complexity index is 1260. The van der Waals surface area contributed by atoms with E-state index < -0.39 is 26.7 Å². The number of benzene rings is 3. The van der Waals surface area contributed by atoms with Crippen LogP contribution in [-0.2, 0) is 20.2 Å². The first kappa shape index (κ1) is 20.9. The number of rotatable bonds is 5. The van der Waals surface area contributed by atoms with Gasteiger partial charge in [-0.05, 0) is 42.7 Å². The van der Waals surface area contributed by atoms with Crippen LogP contribution in [-0.4, -0.2) is 30.4 Å². The van der Waals surface area contributed by atoms with Gasteiger partial charge in [0.05, 0.1) is 10.1 Å². The lowest BCUT2D eigenvalue weighted by molar-refractivity contribution is -0.128. The first-order valence-electron chi connectivity index (χ1n) is 10.9. The normalized spacial score (nSPS) is 26.2. The molecule has 2 bridgehead atoms. The summed E-state index contributed by atoms with van der Waals surface area (Å²) in [7, 11) is -3.66. The van der Waals surface area contributed by atoms with E-state index in [1.54, 1.807) is 36.4 Å². The molecular formula is C27H25NO3S. The number of carbonyl (C=O) groups is 1. The van der Waals surface area contributed by atoms with Gasteiger partial charge >= 0.3 is 0 Å². The zero-order valence-electron chi connectivity index (χ0n) is 17.8. The molecule has 0 aromatic heterocycles. The molecule has 0 N–H and O–H groups in total. The Balaban J connectivity index is 1.71. The van der Waals surface area contributed by atoms with Crippen LogP contribution in [0.4, 0.5) is 0 Å². The minimum Gasteiger partial charge on any atom is -0.292 e. The predicted octanol–water partition coefficient (Wildman–Crippen LogP) is 4.70. The Morgan fingerprint density at radius 1 is 0.875 bits per heavy atom. The van der Waals surface area contributed by atoms with Gasteiger partial charge in [0, 0.05) is 12.1 Å². The highest BCUT2D eigenvalue weighted by Gasteiger charge is 2.62. The van der Waals surface area contributed by atoms with Crippen molar-refractivity contribution in [2.24, 2.45) is 0 Å². The third-order valence-corrected chi connectivity index (χ3v) is 9.08. The highest BCUT2D eigenvalue weighted by molar-refractivity contribution is 7.92. The third-order valence-electron chi connectivity index (χ3n) is 6.91. The van der Waals surface area contributed by atoms with Crippen LogP contribution in [0.15, 0.2) is 108 Å². The van der Waals surface area contributed by atoms with Gasteiger partial charge in [0.25, 0.3) is 0 Å². The molecule has 32 heavy (non-hydrogen) atoms. The summed E-state index contributed by atoms with van der Waals surface area (Å²) in [5.41, 5.74) is 0.870. The SMILES string of the molecule is C[C@@H](c1ccccc1)N1C2C=CC(=O)C1(c1ccccc1)CC2S(=O)(=O)c1ccccc1. The molecule has 1 fully saturated rings. The summed E-state index contributed by atoms with van der Waals surface area (Å²) in [6.07, 6.45) is 3.61. The Labute approximate surface area is 189 Å². The van der Waals surface area contributed by atoms with Crippen LogP contribution in [0.25, 0.3) is 0 Å². The van der Waals surface area contributed by atoms with Crippen LogP contribution in [0.5, 0.6) is 0 Å². The van der Waals surface area contributed by atoms with E-state index in [1.807, 2.05) is 66.7 Å². The highest BCUT2D eigenvalue weighted by Crippen LogP contribution is 2.53. The summed E-state index contributed by atoms with van der Waals surface area (Å²) in [6.45, 7) is 2.06. The third kappa shape index (κ3) is 3.07. The molecule has 5 heteroatoms. The topological polar surface area (TPSA) is 54.5 Å². The largest absolute Gasteiger partial charge is 0.292 e. The Kier molecular flexibility index (Phi) is 5.11. The molecule has 1 saturated heterocycles. The fraction of sp³-hybridized carbons (Fsp3) is 0.222. The summed E-state index contributed by atoms with van der Waals surface area (Å²) in [5.74, 6) is -0.0616. The molecule has 3 aromatic carbocycles. The van der Waals surface area contributed by atoms with Gasteiger partial charge in [0.15, 0.2) is 15.6 Å². The van der Waals surface area contributed by atoms with Gasteiger partial charge in [0.1, 0.15) is 5.54 Å². The van der Waals surface area contributed by atoms with Crippen molar-refractivity contribution in [3.63, 3.8) is 0 Å². The molecule has 162 valence electrons. The molecule has 0 aliphatic carbocycles. The van der Waals surface area contributed by atoms with Crippen LogP contribution in [0.3, 0.4) is 0 Å². The van der Waals surface area contributed by atoms with E-state index >= 15 is 0 Å². The average Bonchev–Trinajstić information content (AvgIpc) is 3.12. The summed E-state index contributed by atoms with van der Waals surface area (Å²) in [5, 5.41) is -0.723. The Hall–Kier alpha value is -3.02. The second kappa shape index (κ2) is 7.84. The fourth-order valence-corrected chi connectivity index (χ4v) is 7.34. The number of carbonyl (C=O) groups excluding carboxylic acids is 1. The van der Waals surface area contributed by atoms with Gasteiger partial charge in [-0.1, -0.05) is 84.9 Å². The lowest BCUT2D eigenvalue weighted by atomic mass is 9.81. The van der Waals surface area contributed by atoms with Crippen molar-refractivity contribution in [1.82, 2.24) is 4.90 Å². The minimum atomic E-state index is -3.66. The van der Waals surface area contributed by atoms with E-state index in [0.717, 1.165) is 11.1 Å². The van der Waals surface area contributed by atoms with Crippen molar-refractivity contribution in [1.29, 1.82) is 0 Å². The molecule has 2 aliphatic heterocycles. The maximum atomic E-state index is 13.8. The van der Waals surface area contributed by atoms with Crippen LogP contribution in [0.2, 0.25) is 0 Å². The zero-order valence-corrected chi connectivity index (χ0v) is 18.7. The van der Waals surface area contributed by atoms with E-state index in [-0.39, 0.29) is 18.2 Å². The van der Waals surface area contributed by atoms with Crippen LogP contribution in [0.1, 0.15) is 30.5 Å². The molecule has 2 aliphatic rings. The maximum Gasteiger partial charge on any atom is 0.183 e. The molecule has 3 aromatic rings. The first-order valence-corrected chi connectivity index (χ1v) is 12.4. The maximum absolute atomic E-state index is 13.8. The number of hydrogen-bond donors (Lipinski definition) is 0. The Morgan fingerprint density at radius 3 is 2.06 bits per heavy atom. The summed E-state index contributed by atoms with van der Waals surface area (Å²) in [4.78, 5) is 16.0.